The molecule has 12 nitrogen and oxygen atoms in total. The number of aliphatic hydroxyl groups is 2. The molecule has 2 atom stereocenters. The number of fused-ring (bicyclic) bond motifs is 1. The predicted molar refractivity (Wildman–Crippen MR) is 157 cm³/mol. The molecular weight excluding hydrogens is 548 g/mol. The summed E-state index contributed by atoms with van der Waals surface area (Å²) in [6, 6.07) is 8.76. The lowest BCUT2D eigenvalue weighted by Crippen LogP contribution is -2.47. The zero-order valence-electron chi connectivity index (χ0n) is 23.8. The van der Waals surface area contributed by atoms with E-state index in [0.29, 0.717) is 5.92 Å². The monoisotopic (exact) mass is 588 g/mol. The Bertz CT molecular complexity index is 1250. The third-order valence-electron chi connectivity index (χ3n) is 7.71. The number of hydrogen-bond acceptors (Lipinski definition) is 10. The minimum atomic E-state index is -2.27. The Morgan fingerprint density at radius 3 is 2.05 bits per heavy atom. The molecule has 4 N–H and O–H groups in total. The molecule has 224 valence electrons. The second kappa shape index (κ2) is 13.7. The average Bonchev–Trinajstić information content (AvgIpc) is 3.54. The predicted octanol–water partition coefficient (Wildman–Crippen LogP) is 1.92. The highest BCUT2D eigenvalue weighted by molar-refractivity contribution is 7.20. The second-order valence-corrected chi connectivity index (χ2v) is 12.0. The van der Waals surface area contributed by atoms with Crippen molar-refractivity contribution in [2.75, 3.05) is 57.8 Å². The standard InChI is InChI=1S/C24H34N6S.C4H6O6/c1-18(2)20-4-6-21(7-5-20)22-17-30-23(25-22)31-24(26-30)29-10-8-19(9-11-29)16-28-14-12-27(3)13-15-28;5-1(3(7)8)2(6)4(9)10/h4-7,17-19H,8-16H2,1-3H3;1-2,5-6H,(H,7,8)(H,9,10)/t;1-,2-/m.1/s1. The van der Waals surface area contributed by atoms with Crippen molar-refractivity contribution in [3.8, 4) is 11.3 Å². The molecule has 2 aromatic heterocycles. The first-order valence-electron chi connectivity index (χ1n) is 14.0. The van der Waals surface area contributed by atoms with Crippen LogP contribution >= 0.6 is 11.3 Å². The molecule has 0 saturated carbocycles. The van der Waals surface area contributed by atoms with E-state index in [4.69, 9.17) is 30.5 Å². The van der Waals surface area contributed by atoms with Gasteiger partial charge in [-0.2, -0.15) is 0 Å². The molecule has 4 heterocycles. The van der Waals surface area contributed by atoms with Crippen molar-refractivity contribution in [3.05, 3.63) is 36.0 Å². The molecule has 2 aliphatic rings. The maximum atomic E-state index is 9.77. The highest BCUT2D eigenvalue weighted by atomic mass is 32.1. The first-order chi connectivity index (χ1) is 19.5. The fourth-order valence-electron chi connectivity index (χ4n) is 4.97. The Kier molecular flexibility index (Phi) is 10.3. The summed E-state index contributed by atoms with van der Waals surface area (Å²) in [5, 5.41) is 38.5. The number of carbonyl (C=O) groups is 2. The lowest BCUT2D eigenvalue weighted by molar-refractivity contribution is -0.165. The zero-order valence-corrected chi connectivity index (χ0v) is 24.6. The Hall–Kier alpha value is -3.10. The summed E-state index contributed by atoms with van der Waals surface area (Å²) >= 11 is 1.72. The minimum Gasteiger partial charge on any atom is -0.479 e. The minimum absolute atomic E-state index is 0.550. The van der Waals surface area contributed by atoms with Gasteiger partial charge in [0.2, 0.25) is 10.1 Å². The molecule has 0 radical (unpaired) electrons. The van der Waals surface area contributed by atoms with Gasteiger partial charge in [0.25, 0.3) is 0 Å². The number of aliphatic carboxylic acids is 2. The van der Waals surface area contributed by atoms with E-state index < -0.39 is 24.1 Å². The van der Waals surface area contributed by atoms with Gasteiger partial charge in [-0.05, 0) is 37.3 Å². The summed E-state index contributed by atoms with van der Waals surface area (Å²) in [5.41, 5.74) is 3.53. The third kappa shape index (κ3) is 8.01. The van der Waals surface area contributed by atoms with Crippen LogP contribution in [0.25, 0.3) is 16.2 Å². The van der Waals surface area contributed by atoms with Crippen LogP contribution in [0.5, 0.6) is 0 Å². The van der Waals surface area contributed by atoms with Crippen molar-refractivity contribution in [1.29, 1.82) is 0 Å². The summed E-state index contributed by atoms with van der Waals surface area (Å²) in [5.74, 6) is -2.16. The Labute approximate surface area is 243 Å². The molecule has 2 saturated heterocycles. The first-order valence-corrected chi connectivity index (χ1v) is 14.8. The van der Waals surface area contributed by atoms with Crippen LogP contribution in [0.15, 0.2) is 30.5 Å². The third-order valence-corrected chi connectivity index (χ3v) is 8.69. The zero-order chi connectivity index (χ0) is 29.7. The highest BCUT2D eigenvalue weighted by Crippen LogP contribution is 2.30. The van der Waals surface area contributed by atoms with Crippen LogP contribution in [0.1, 0.15) is 38.2 Å². The summed E-state index contributed by atoms with van der Waals surface area (Å²) in [6.45, 7) is 12.8. The van der Waals surface area contributed by atoms with E-state index in [0.717, 1.165) is 40.4 Å². The van der Waals surface area contributed by atoms with Crippen LogP contribution in [-0.2, 0) is 9.59 Å². The topological polar surface area (TPSA) is 155 Å². The number of anilines is 1. The number of aliphatic hydroxyl groups excluding tert-OH is 2. The number of benzene rings is 1. The van der Waals surface area contributed by atoms with Gasteiger partial charge < -0.3 is 35.1 Å². The van der Waals surface area contributed by atoms with Gasteiger partial charge in [-0.15, -0.1) is 5.10 Å². The molecule has 13 heteroatoms. The molecule has 0 bridgehead atoms. The van der Waals surface area contributed by atoms with Crippen LogP contribution < -0.4 is 4.90 Å². The highest BCUT2D eigenvalue weighted by Gasteiger charge is 2.29. The lowest BCUT2D eigenvalue weighted by atomic mass is 9.96. The van der Waals surface area contributed by atoms with Crippen LogP contribution in [0.4, 0.5) is 5.13 Å². The number of nitrogens with zero attached hydrogens (tertiary/aromatic N) is 6. The van der Waals surface area contributed by atoms with Gasteiger partial charge in [-0.1, -0.05) is 49.4 Å². The van der Waals surface area contributed by atoms with Crippen molar-refractivity contribution in [3.63, 3.8) is 0 Å². The Balaban J connectivity index is 0.000000334. The number of imidazole rings is 1. The number of hydrogen-bond donors (Lipinski definition) is 4. The number of carboxylic acid groups (broad SMARTS) is 2. The van der Waals surface area contributed by atoms with Gasteiger partial charge in [-0.25, -0.2) is 19.1 Å². The summed E-state index contributed by atoms with van der Waals surface area (Å²) in [4.78, 5) is 32.9. The molecule has 1 aromatic carbocycles. The lowest BCUT2D eigenvalue weighted by Gasteiger charge is -2.37. The van der Waals surface area contributed by atoms with Gasteiger partial charge >= 0.3 is 11.9 Å². The van der Waals surface area contributed by atoms with Crippen molar-refractivity contribution in [1.82, 2.24) is 24.4 Å². The van der Waals surface area contributed by atoms with E-state index >= 15 is 0 Å². The van der Waals surface area contributed by atoms with Gasteiger partial charge in [0.1, 0.15) is 0 Å². The van der Waals surface area contributed by atoms with Gasteiger partial charge in [-0.3, -0.25) is 0 Å². The molecule has 0 spiro atoms. The van der Waals surface area contributed by atoms with Crippen LogP contribution in [0.3, 0.4) is 0 Å². The molecule has 2 aliphatic heterocycles. The van der Waals surface area contributed by atoms with Crippen molar-refractivity contribution in [2.45, 2.75) is 44.8 Å². The second-order valence-electron chi connectivity index (χ2n) is 11.1. The Morgan fingerprint density at radius 2 is 1.54 bits per heavy atom. The van der Waals surface area contributed by atoms with Gasteiger partial charge in [0, 0.05) is 51.4 Å². The van der Waals surface area contributed by atoms with Gasteiger partial charge in [0.05, 0.1) is 11.9 Å². The number of piperidine rings is 1. The number of aromatic nitrogens is 3. The molecule has 2 fully saturated rings. The summed E-state index contributed by atoms with van der Waals surface area (Å²) < 4.78 is 1.96. The average molecular weight is 589 g/mol. The van der Waals surface area contributed by atoms with E-state index in [1.165, 1.54) is 51.1 Å². The molecule has 41 heavy (non-hydrogen) atoms. The molecule has 5 rings (SSSR count). The number of rotatable bonds is 8. The summed E-state index contributed by atoms with van der Waals surface area (Å²) in [7, 11) is 2.23. The number of piperazine rings is 1. The largest absolute Gasteiger partial charge is 0.479 e. The van der Waals surface area contributed by atoms with E-state index in [9.17, 15) is 9.59 Å². The number of carboxylic acids is 2. The van der Waals surface area contributed by atoms with Crippen LogP contribution in [0.2, 0.25) is 0 Å². The van der Waals surface area contributed by atoms with E-state index in [2.05, 4.69) is 66.1 Å². The van der Waals surface area contributed by atoms with E-state index in [1.54, 1.807) is 11.3 Å². The fraction of sp³-hybridized carbons (Fsp3) is 0.571. The van der Waals surface area contributed by atoms with Crippen molar-refractivity contribution >= 4 is 33.4 Å². The molecule has 0 unspecified atom stereocenters. The maximum Gasteiger partial charge on any atom is 0.335 e. The van der Waals surface area contributed by atoms with E-state index in [1.807, 2.05) is 4.52 Å². The van der Waals surface area contributed by atoms with E-state index in [-0.39, 0.29) is 0 Å². The molecular formula is C28H40N6O6S. The van der Waals surface area contributed by atoms with Crippen molar-refractivity contribution < 1.29 is 30.0 Å². The molecule has 0 aliphatic carbocycles. The first kappa shape index (κ1) is 30.8. The van der Waals surface area contributed by atoms with Crippen molar-refractivity contribution in [2.24, 2.45) is 5.92 Å². The number of likely N-dealkylation sites (N-methyl/N-ethyl adjacent to an activating group) is 1. The summed E-state index contributed by atoms with van der Waals surface area (Å²) in [6.07, 6.45) is 0.0680. The smallest absolute Gasteiger partial charge is 0.335 e. The quantitative estimate of drug-likeness (QED) is 0.305. The van der Waals surface area contributed by atoms with Crippen LogP contribution in [-0.4, -0.2) is 122 Å². The van der Waals surface area contributed by atoms with Crippen LogP contribution in [0, 0.1) is 5.92 Å². The fourth-order valence-corrected chi connectivity index (χ4v) is 5.90. The molecule has 3 aromatic rings. The normalized spacial score (nSPS) is 18.7. The molecule has 0 amide bonds. The SMILES string of the molecule is CC(C)c1ccc(-c2cn3nc(N4CCC(CN5CCN(C)CC5)CC4)sc3n2)cc1.O=C(O)[C@H](O)[C@@H](O)C(=O)O. The maximum absolute atomic E-state index is 9.77. The Morgan fingerprint density at radius 1 is 0.951 bits per heavy atom. The van der Waals surface area contributed by atoms with Gasteiger partial charge in [0.15, 0.2) is 12.2 Å².